The van der Waals surface area contributed by atoms with Gasteiger partial charge in [-0.1, -0.05) is 0 Å². The second-order valence-corrected chi connectivity index (χ2v) is 6.55. The lowest BCUT2D eigenvalue weighted by atomic mass is 9.96. The third-order valence-electron chi connectivity index (χ3n) is 3.78. The Morgan fingerprint density at radius 2 is 2.25 bits per heavy atom. The highest BCUT2D eigenvalue weighted by Gasteiger charge is 2.19. The molecule has 106 valence electrons. The molecule has 0 fully saturated rings. The largest absolute Gasteiger partial charge is 0.305 e. The van der Waals surface area contributed by atoms with Gasteiger partial charge in [-0.3, -0.25) is 9.88 Å². The molecule has 3 nitrogen and oxygen atoms in total. The Hall–Kier alpha value is -1.23. The highest BCUT2D eigenvalue weighted by Crippen LogP contribution is 2.23. The van der Waals surface area contributed by atoms with Crippen molar-refractivity contribution < 1.29 is 0 Å². The van der Waals surface area contributed by atoms with Gasteiger partial charge in [-0.2, -0.15) is 11.3 Å². The van der Waals surface area contributed by atoms with Crippen molar-refractivity contribution in [2.24, 2.45) is 0 Å². The average molecular weight is 287 g/mol. The van der Waals surface area contributed by atoms with E-state index in [1.807, 2.05) is 12.4 Å². The summed E-state index contributed by atoms with van der Waals surface area (Å²) in [6.07, 6.45) is 5.23. The number of aromatic nitrogens is 1. The van der Waals surface area contributed by atoms with Crippen molar-refractivity contribution in [1.82, 2.24) is 14.8 Å². The van der Waals surface area contributed by atoms with Crippen LogP contribution in [0.5, 0.6) is 0 Å². The predicted molar refractivity (Wildman–Crippen MR) is 83.8 cm³/mol. The third-order valence-corrected chi connectivity index (χ3v) is 4.51. The highest BCUT2D eigenvalue weighted by molar-refractivity contribution is 7.07. The van der Waals surface area contributed by atoms with E-state index < -0.39 is 0 Å². The van der Waals surface area contributed by atoms with Gasteiger partial charge in [0.1, 0.15) is 0 Å². The van der Waals surface area contributed by atoms with Gasteiger partial charge >= 0.3 is 0 Å². The minimum absolute atomic E-state index is 0.987. The zero-order valence-corrected chi connectivity index (χ0v) is 13.0. The number of rotatable bonds is 4. The fraction of sp³-hybridized carbons (Fsp3) is 0.438. The van der Waals surface area contributed by atoms with Gasteiger partial charge in [0.05, 0.1) is 0 Å². The van der Waals surface area contributed by atoms with E-state index in [-0.39, 0.29) is 0 Å². The molecule has 1 aliphatic heterocycles. The number of thiophene rings is 1. The van der Waals surface area contributed by atoms with Crippen LogP contribution >= 0.6 is 11.3 Å². The summed E-state index contributed by atoms with van der Waals surface area (Å²) >= 11 is 1.78. The van der Waals surface area contributed by atoms with E-state index in [1.165, 1.54) is 22.3 Å². The fourth-order valence-electron chi connectivity index (χ4n) is 2.88. The number of pyridine rings is 1. The van der Waals surface area contributed by atoms with Crippen LogP contribution in [0.15, 0.2) is 29.2 Å². The molecule has 0 saturated heterocycles. The molecule has 2 aromatic heterocycles. The first-order valence-electron chi connectivity index (χ1n) is 7.05. The molecule has 2 aromatic rings. The van der Waals surface area contributed by atoms with Gasteiger partial charge in [-0.15, -0.1) is 0 Å². The van der Waals surface area contributed by atoms with E-state index in [2.05, 4.69) is 45.7 Å². The maximum absolute atomic E-state index is 4.43. The van der Waals surface area contributed by atoms with E-state index >= 15 is 0 Å². The molecule has 3 heterocycles. The summed E-state index contributed by atoms with van der Waals surface area (Å²) in [4.78, 5) is 9.17. The van der Waals surface area contributed by atoms with Crippen LogP contribution in [0.2, 0.25) is 0 Å². The van der Waals surface area contributed by atoms with Crippen molar-refractivity contribution in [3.63, 3.8) is 0 Å². The minimum Gasteiger partial charge on any atom is -0.305 e. The lowest BCUT2D eigenvalue weighted by molar-refractivity contribution is 0.244. The van der Waals surface area contributed by atoms with E-state index in [4.69, 9.17) is 0 Å². The molecule has 0 N–H and O–H groups in total. The second-order valence-electron chi connectivity index (χ2n) is 5.77. The zero-order valence-electron chi connectivity index (χ0n) is 12.2. The molecule has 0 bridgehead atoms. The first kappa shape index (κ1) is 13.7. The quantitative estimate of drug-likeness (QED) is 0.862. The monoisotopic (exact) mass is 287 g/mol. The van der Waals surface area contributed by atoms with Crippen LogP contribution < -0.4 is 0 Å². The number of hydrogen-bond acceptors (Lipinski definition) is 4. The molecule has 1 aliphatic rings. The Bertz CT molecular complexity index is 563. The van der Waals surface area contributed by atoms with Gasteiger partial charge in [0.25, 0.3) is 0 Å². The molecule has 0 unspecified atom stereocenters. The molecule has 0 aromatic carbocycles. The van der Waals surface area contributed by atoms with Crippen molar-refractivity contribution in [3.8, 4) is 0 Å². The molecule has 0 radical (unpaired) electrons. The highest BCUT2D eigenvalue weighted by atomic mass is 32.1. The van der Waals surface area contributed by atoms with Crippen molar-refractivity contribution in [1.29, 1.82) is 0 Å². The summed E-state index contributed by atoms with van der Waals surface area (Å²) in [5.74, 6) is 0. The van der Waals surface area contributed by atoms with Crippen molar-refractivity contribution in [2.45, 2.75) is 26.1 Å². The maximum Gasteiger partial charge on any atom is 0.0315 e. The summed E-state index contributed by atoms with van der Waals surface area (Å²) in [6.45, 7) is 4.22. The SMILES string of the molecule is CN(C)Cc1cncc2c1CCN(Cc1ccsc1)C2. The summed E-state index contributed by atoms with van der Waals surface area (Å²) in [6, 6.07) is 2.22. The fourth-order valence-corrected chi connectivity index (χ4v) is 3.54. The van der Waals surface area contributed by atoms with Crippen LogP contribution in [0.25, 0.3) is 0 Å². The van der Waals surface area contributed by atoms with Crippen LogP contribution in [0.1, 0.15) is 22.3 Å². The Morgan fingerprint density at radius 3 is 3.00 bits per heavy atom. The Morgan fingerprint density at radius 1 is 1.35 bits per heavy atom. The van der Waals surface area contributed by atoms with Crippen LogP contribution in [-0.2, 0) is 26.1 Å². The molecular formula is C16H21N3S. The summed E-state index contributed by atoms with van der Waals surface area (Å²) in [7, 11) is 4.23. The van der Waals surface area contributed by atoms with Crippen molar-refractivity contribution in [2.75, 3.05) is 20.6 Å². The first-order chi connectivity index (χ1) is 9.72. The van der Waals surface area contributed by atoms with Crippen LogP contribution in [0.3, 0.4) is 0 Å². The Kier molecular flexibility index (Phi) is 4.15. The lowest BCUT2D eigenvalue weighted by Gasteiger charge is -2.30. The first-order valence-corrected chi connectivity index (χ1v) is 7.99. The zero-order chi connectivity index (χ0) is 13.9. The van der Waals surface area contributed by atoms with Crippen LogP contribution in [0, 0.1) is 0 Å². The molecule has 4 heteroatoms. The van der Waals surface area contributed by atoms with Gasteiger partial charge in [0.15, 0.2) is 0 Å². The summed E-state index contributed by atoms with van der Waals surface area (Å²) in [5.41, 5.74) is 5.75. The molecule has 0 atom stereocenters. The van der Waals surface area contributed by atoms with E-state index in [0.29, 0.717) is 0 Å². The third kappa shape index (κ3) is 3.08. The van der Waals surface area contributed by atoms with Crippen LogP contribution in [-0.4, -0.2) is 35.4 Å². The number of fused-ring (bicyclic) bond motifs is 1. The van der Waals surface area contributed by atoms with Gasteiger partial charge in [-0.05, 0) is 59.6 Å². The van der Waals surface area contributed by atoms with Gasteiger partial charge in [0, 0.05) is 38.6 Å². The van der Waals surface area contributed by atoms with Crippen molar-refractivity contribution in [3.05, 3.63) is 51.5 Å². The Balaban J connectivity index is 1.75. The predicted octanol–water partition coefficient (Wildman–Crippen LogP) is 2.76. The molecule has 20 heavy (non-hydrogen) atoms. The van der Waals surface area contributed by atoms with Crippen molar-refractivity contribution >= 4 is 11.3 Å². The standard InChI is InChI=1S/C16H21N3S/c1-18(2)10-14-7-17-8-15-11-19(5-3-16(14)15)9-13-4-6-20-12-13/h4,6-8,12H,3,5,9-11H2,1-2H3. The number of nitrogens with zero attached hydrogens (tertiary/aromatic N) is 3. The minimum atomic E-state index is 0.987. The lowest BCUT2D eigenvalue weighted by Crippen LogP contribution is -2.31. The molecule has 0 spiro atoms. The summed E-state index contributed by atoms with van der Waals surface area (Å²) in [5, 5.41) is 4.40. The average Bonchev–Trinajstić information content (AvgIpc) is 2.91. The molecular weight excluding hydrogens is 266 g/mol. The van der Waals surface area contributed by atoms with Gasteiger partial charge in [0.2, 0.25) is 0 Å². The normalized spacial score (nSPS) is 15.6. The van der Waals surface area contributed by atoms with E-state index in [9.17, 15) is 0 Å². The molecule has 3 rings (SSSR count). The molecule has 0 amide bonds. The maximum atomic E-state index is 4.43. The topological polar surface area (TPSA) is 19.4 Å². The smallest absolute Gasteiger partial charge is 0.0315 e. The number of hydrogen-bond donors (Lipinski definition) is 0. The molecule has 0 aliphatic carbocycles. The van der Waals surface area contributed by atoms with Crippen LogP contribution in [0.4, 0.5) is 0 Å². The van der Waals surface area contributed by atoms with E-state index in [1.54, 1.807) is 11.3 Å². The van der Waals surface area contributed by atoms with Gasteiger partial charge in [-0.25, -0.2) is 0 Å². The summed E-state index contributed by atoms with van der Waals surface area (Å²) < 4.78 is 0. The second kappa shape index (κ2) is 6.04. The van der Waals surface area contributed by atoms with E-state index in [0.717, 1.165) is 32.6 Å². The molecule has 0 saturated carbocycles. The Labute approximate surface area is 124 Å². The van der Waals surface area contributed by atoms with Gasteiger partial charge < -0.3 is 4.90 Å².